The molecule has 0 spiro atoms. The van der Waals surface area contributed by atoms with Crippen molar-refractivity contribution in [3.8, 4) is 0 Å². The highest BCUT2D eigenvalue weighted by Crippen LogP contribution is 2.19. The summed E-state index contributed by atoms with van der Waals surface area (Å²) in [5.41, 5.74) is 6.99. The lowest BCUT2D eigenvalue weighted by Gasteiger charge is -2.15. The number of carbonyl (C=O) groups is 3. The third-order valence-electron chi connectivity index (χ3n) is 3.73. The summed E-state index contributed by atoms with van der Waals surface area (Å²) >= 11 is 0. The van der Waals surface area contributed by atoms with E-state index in [9.17, 15) is 19.5 Å². The fourth-order valence-electron chi connectivity index (χ4n) is 2.40. The molecule has 8 nitrogen and oxygen atoms in total. The number of aromatic amines is 1. The first-order valence-corrected chi connectivity index (χ1v) is 7.44. The van der Waals surface area contributed by atoms with E-state index in [1.165, 1.54) is 0 Å². The maximum atomic E-state index is 11.8. The predicted octanol–water partition coefficient (Wildman–Crippen LogP) is 0.472. The summed E-state index contributed by atoms with van der Waals surface area (Å²) in [6, 6.07) is 5.21. The summed E-state index contributed by atoms with van der Waals surface area (Å²) < 4.78 is 0. The Kier molecular flexibility index (Phi) is 5.54. The molecular formula is C16H19N3O5. The van der Waals surface area contributed by atoms with Crippen LogP contribution >= 0.6 is 0 Å². The van der Waals surface area contributed by atoms with Crippen molar-refractivity contribution in [1.82, 2.24) is 10.3 Å². The van der Waals surface area contributed by atoms with Crippen LogP contribution in [-0.2, 0) is 20.8 Å². The van der Waals surface area contributed by atoms with Crippen LogP contribution in [0.5, 0.6) is 0 Å². The van der Waals surface area contributed by atoms with Crippen molar-refractivity contribution in [3.63, 3.8) is 0 Å². The molecule has 1 unspecified atom stereocenters. The number of carbonyl (C=O) groups excluding carboxylic acids is 1. The molecule has 2 aromatic rings. The first-order chi connectivity index (χ1) is 11.4. The summed E-state index contributed by atoms with van der Waals surface area (Å²) in [6.07, 6.45) is 1.63. The van der Waals surface area contributed by atoms with Gasteiger partial charge in [-0.2, -0.15) is 0 Å². The number of fused-ring (bicyclic) bond motifs is 1. The largest absolute Gasteiger partial charge is 0.480 e. The van der Waals surface area contributed by atoms with Crippen molar-refractivity contribution in [3.05, 3.63) is 36.0 Å². The zero-order valence-corrected chi connectivity index (χ0v) is 12.9. The van der Waals surface area contributed by atoms with Crippen molar-refractivity contribution in [2.45, 2.75) is 31.3 Å². The number of para-hydroxylation sites is 1. The normalized spacial score (nSPS) is 13.4. The number of hydrogen-bond donors (Lipinski definition) is 5. The van der Waals surface area contributed by atoms with Gasteiger partial charge in [0.05, 0.1) is 0 Å². The molecule has 2 atom stereocenters. The average molecular weight is 333 g/mol. The monoisotopic (exact) mass is 333 g/mol. The molecule has 2 rings (SSSR count). The van der Waals surface area contributed by atoms with Gasteiger partial charge in [0.1, 0.15) is 12.1 Å². The van der Waals surface area contributed by atoms with Gasteiger partial charge in [-0.15, -0.1) is 0 Å². The van der Waals surface area contributed by atoms with Gasteiger partial charge in [0.25, 0.3) is 0 Å². The molecule has 0 saturated heterocycles. The molecule has 6 N–H and O–H groups in total. The molecule has 0 saturated carbocycles. The van der Waals surface area contributed by atoms with E-state index in [0.717, 1.165) is 16.5 Å². The van der Waals surface area contributed by atoms with E-state index in [4.69, 9.17) is 10.8 Å². The van der Waals surface area contributed by atoms with Crippen LogP contribution in [0.1, 0.15) is 18.4 Å². The number of rotatable bonds is 8. The summed E-state index contributed by atoms with van der Waals surface area (Å²) in [4.78, 5) is 36.9. The van der Waals surface area contributed by atoms with Gasteiger partial charge in [0.15, 0.2) is 0 Å². The van der Waals surface area contributed by atoms with Crippen molar-refractivity contribution < 1.29 is 24.6 Å². The Morgan fingerprint density at radius 2 is 1.88 bits per heavy atom. The lowest BCUT2D eigenvalue weighted by atomic mass is 10.0. The van der Waals surface area contributed by atoms with E-state index < -0.39 is 29.9 Å². The number of benzene rings is 1. The van der Waals surface area contributed by atoms with E-state index in [1.807, 2.05) is 24.3 Å². The van der Waals surface area contributed by atoms with Crippen LogP contribution in [0.2, 0.25) is 0 Å². The molecule has 8 heteroatoms. The quantitative estimate of drug-likeness (QED) is 0.475. The molecule has 1 aromatic heterocycles. The van der Waals surface area contributed by atoms with Gasteiger partial charge in [-0.3, -0.25) is 9.59 Å². The Balaban J connectivity index is 2.01. The number of carboxylic acids is 2. The Morgan fingerprint density at radius 1 is 1.17 bits per heavy atom. The third-order valence-corrected chi connectivity index (χ3v) is 3.73. The van der Waals surface area contributed by atoms with Crippen LogP contribution < -0.4 is 11.1 Å². The maximum Gasteiger partial charge on any atom is 0.326 e. The molecule has 0 aliphatic heterocycles. The number of hydrogen-bond acceptors (Lipinski definition) is 4. The number of aromatic nitrogens is 1. The van der Waals surface area contributed by atoms with Crippen LogP contribution in [0.4, 0.5) is 0 Å². The second-order valence-corrected chi connectivity index (χ2v) is 5.51. The second-order valence-electron chi connectivity index (χ2n) is 5.51. The maximum absolute atomic E-state index is 11.8. The molecule has 128 valence electrons. The summed E-state index contributed by atoms with van der Waals surface area (Å²) in [7, 11) is 0. The minimum atomic E-state index is -1.20. The summed E-state index contributed by atoms with van der Waals surface area (Å²) in [5.74, 6) is -2.90. The number of amides is 1. The van der Waals surface area contributed by atoms with Crippen LogP contribution in [0, 0.1) is 0 Å². The van der Waals surface area contributed by atoms with Gasteiger partial charge in [0, 0.05) is 29.9 Å². The number of H-pyrrole nitrogens is 1. The highest BCUT2D eigenvalue weighted by Gasteiger charge is 2.22. The Hall–Kier alpha value is -2.87. The van der Waals surface area contributed by atoms with Gasteiger partial charge in [-0.25, -0.2) is 4.79 Å². The topological polar surface area (TPSA) is 146 Å². The first kappa shape index (κ1) is 17.5. The summed E-state index contributed by atoms with van der Waals surface area (Å²) in [5, 5.41) is 21.3. The zero-order chi connectivity index (χ0) is 17.7. The van der Waals surface area contributed by atoms with Gasteiger partial charge in [0.2, 0.25) is 5.91 Å². The van der Waals surface area contributed by atoms with E-state index >= 15 is 0 Å². The van der Waals surface area contributed by atoms with Gasteiger partial charge < -0.3 is 26.2 Å². The van der Waals surface area contributed by atoms with Crippen LogP contribution in [0.15, 0.2) is 30.5 Å². The van der Waals surface area contributed by atoms with E-state index in [2.05, 4.69) is 10.3 Å². The average Bonchev–Trinajstić information content (AvgIpc) is 2.95. The van der Waals surface area contributed by atoms with Crippen molar-refractivity contribution >= 4 is 28.7 Å². The van der Waals surface area contributed by atoms with Crippen molar-refractivity contribution in [2.24, 2.45) is 5.73 Å². The molecule has 0 aliphatic rings. The highest BCUT2D eigenvalue weighted by molar-refractivity contribution is 5.87. The number of nitrogens with one attached hydrogen (secondary N) is 2. The molecule has 0 bridgehead atoms. The minimum Gasteiger partial charge on any atom is -0.480 e. The SMILES string of the molecule is NC(CCC(=O)N[C@@H](Cc1c[nH]c2ccccc12)C(=O)O)C(=O)O. The Labute approximate surface area is 137 Å². The summed E-state index contributed by atoms with van der Waals surface area (Å²) in [6.45, 7) is 0. The van der Waals surface area contributed by atoms with Crippen molar-refractivity contribution in [2.75, 3.05) is 0 Å². The first-order valence-electron chi connectivity index (χ1n) is 7.44. The molecule has 1 heterocycles. The number of nitrogens with two attached hydrogens (primary N) is 1. The highest BCUT2D eigenvalue weighted by atomic mass is 16.4. The fourth-order valence-corrected chi connectivity index (χ4v) is 2.40. The number of aliphatic carboxylic acids is 2. The van der Waals surface area contributed by atoms with Gasteiger partial charge in [-0.05, 0) is 18.1 Å². The van der Waals surface area contributed by atoms with Crippen LogP contribution in [0.3, 0.4) is 0 Å². The molecule has 1 aromatic carbocycles. The van der Waals surface area contributed by atoms with Crippen LogP contribution in [0.25, 0.3) is 10.9 Å². The predicted molar refractivity (Wildman–Crippen MR) is 86.4 cm³/mol. The molecule has 1 amide bonds. The van der Waals surface area contributed by atoms with Gasteiger partial charge >= 0.3 is 11.9 Å². The minimum absolute atomic E-state index is 0.0550. The lowest BCUT2D eigenvalue weighted by molar-refractivity contribution is -0.142. The molecule has 0 fully saturated rings. The Bertz CT molecular complexity index is 755. The van der Waals surface area contributed by atoms with Crippen LogP contribution in [-0.4, -0.2) is 45.1 Å². The molecule has 0 aliphatic carbocycles. The van der Waals surface area contributed by atoms with E-state index in [-0.39, 0.29) is 19.3 Å². The standard InChI is InChI=1S/C16H19N3O5/c17-11(15(21)22)5-6-14(20)19-13(16(23)24)7-9-8-18-12-4-2-1-3-10(9)12/h1-4,8,11,13,18H,5-7,17H2,(H,19,20)(H,21,22)(H,23,24)/t11?,13-/m0/s1. The smallest absolute Gasteiger partial charge is 0.326 e. The van der Waals surface area contributed by atoms with E-state index in [0.29, 0.717) is 0 Å². The van der Waals surface area contributed by atoms with E-state index in [1.54, 1.807) is 6.20 Å². The molecular weight excluding hydrogens is 314 g/mol. The molecule has 24 heavy (non-hydrogen) atoms. The van der Waals surface area contributed by atoms with Crippen molar-refractivity contribution in [1.29, 1.82) is 0 Å². The van der Waals surface area contributed by atoms with Gasteiger partial charge in [-0.1, -0.05) is 18.2 Å². The third kappa shape index (κ3) is 4.32. The second kappa shape index (κ2) is 7.60. The fraction of sp³-hybridized carbons (Fsp3) is 0.312. The number of carboxylic acid groups (broad SMARTS) is 2. The molecule has 0 radical (unpaired) electrons. The lowest BCUT2D eigenvalue weighted by Crippen LogP contribution is -2.43. The zero-order valence-electron chi connectivity index (χ0n) is 12.9. The Morgan fingerprint density at radius 3 is 2.54 bits per heavy atom.